The van der Waals surface area contributed by atoms with Crippen LogP contribution >= 0.6 is 0 Å². The number of hydrogen-bond acceptors (Lipinski definition) is 2. The lowest BCUT2D eigenvalue weighted by atomic mass is 9.72. The molecule has 0 spiro atoms. The molecular weight excluding hydrogens is 252 g/mol. The van der Waals surface area contributed by atoms with Crippen LogP contribution in [-0.4, -0.2) is 18.2 Å². The molecule has 1 fully saturated rings. The number of hydrogen-bond donors (Lipinski definition) is 1. The zero-order valence-electron chi connectivity index (χ0n) is 12.2. The molecule has 0 saturated heterocycles. The summed E-state index contributed by atoms with van der Waals surface area (Å²) in [5.41, 5.74) is 0.517. The Bertz CT molecular complexity index is 428. The number of aliphatic carboxylic acids is 1. The SMILES string of the molecule is COc1ccc(CC2(C(=O)O)CCCCCCC2)cc1. The van der Waals surface area contributed by atoms with Gasteiger partial charge in [-0.05, 0) is 37.0 Å². The Morgan fingerprint density at radius 2 is 1.65 bits per heavy atom. The highest BCUT2D eigenvalue weighted by molar-refractivity contribution is 5.75. The van der Waals surface area contributed by atoms with Crippen LogP contribution < -0.4 is 4.74 Å². The van der Waals surface area contributed by atoms with Crippen molar-refractivity contribution in [1.29, 1.82) is 0 Å². The summed E-state index contributed by atoms with van der Waals surface area (Å²) in [6.45, 7) is 0. The van der Waals surface area contributed by atoms with Crippen LogP contribution in [0.4, 0.5) is 0 Å². The van der Waals surface area contributed by atoms with Crippen LogP contribution in [0, 0.1) is 5.41 Å². The molecule has 20 heavy (non-hydrogen) atoms. The molecule has 1 aromatic rings. The van der Waals surface area contributed by atoms with Crippen molar-refractivity contribution in [2.45, 2.75) is 51.4 Å². The predicted octanol–water partition coefficient (Wildman–Crippen LogP) is 4.05. The van der Waals surface area contributed by atoms with E-state index in [4.69, 9.17) is 4.74 Å². The summed E-state index contributed by atoms with van der Waals surface area (Å²) >= 11 is 0. The van der Waals surface area contributed by atoms with Crippen molar-refractivity contribution in [2.24, 2.45) is 5.41 Å². The Labute approximate surface area is 121 Å². The van der Waals surface area contributed by atoms with Crippen LogP contribution in [0.1, 0.15) is 50.5 Å². The van der Waals surface area contributed by atoms with Crippen molar-refractivity contribution in [3.05, 3.63) is 29.8 Å². The van der Waals surface area contributed by atoms with Crippen molar-refractivity contribution in [1.82, 2.24) is 0 Å². The average molecular weight is 276 g/mol. The van der Waals surface area contributed by atoms with E-state index in [1.165, 1.54) is 6.42 Å². The lowest BCUT2D eigenvalue weighted by Gasteiger charge is -2.31. The highest BCUT2D eigenvalue weighted by Crippen LogP contribution is 2.38. The lowest BCUT2D eigenvalue weighted by Crippen LogP contribution is -2.34. The third-order valence-electron chi connectivity index (χ3n) is 4.47. The molecule has 0 radical (unpaired) electrons. The number of benzene rings is 1. The smallest absolute Gasteiger partial charge is 0.309 e. The molecule has 1 aliphatic rings. The zero-order valence-corrected chi connectivity index (χ0v) is 12.2. The van der Waals surface area contributed by atoms with Crippen molar-refractivity contribution in [3.8, 4) is 5.75 Å². The monoisotopic (exact) mass is 276 g/mol. The Hall–Kier alpha value is -1.51. The second-order valence-electron chi connectivity index (χ2n) is 5.88. The van der Waals surface area contributed by atoms with Crippen LogP contribution in [0.3, 0.4) is 0 Å². The standard InChI is InChI=1S/C17H24O3/c1-20-15-9-7-14(8-10-15)13-17(16(18)19)11-5-3-2-4-6-12-17/h7-10H,2-6,11-13H2,1H3,(H,18,19). The van der Waals surface area contributed by atoms with Crippen LogP contribution in [0.25, 0.3) is 0 Å². The molecule has 110 valence electrons. The maximum atomic E-state index is 11.8. The summed E-state index contributed by atoms with van der Waals surface area (Å²) in [6.07, 6.45) is 7.87. The maximum absolute atomic E-state index is 11.8. The van der Waals surface area contributed by atoms with E-state index in [0.717, 1.165) is 49.8 Å². The third kappa shape index (κ3) is 3.53. The lowest BCUT2D eigenvalue weighted by molar-refractivity contribution is -0.150. The van der Waals surface area contributed by atoms with Crippen molar-refractivity contribution in [2.75, 3.05) is 7.11 Å². The minimum absolute atomic E-state index is 0.574. The molecule has 0 atom stereocenters. The molecule has 3 nitrogen and oxygen atoms in total. The molecule has 0 aromatic heterocycles. The van der Waals surface area contributed by atoms with Crippen LogP contribution in [0.15, 0.2) is 24.3 Å². The molecule has 0 heterocycles. The van der Waals surface area contributed by atoms with Crippen LogP contribution in [-0.2, 0) is 11.2 Å². The highest BCUT2D eigenvalue weighted by atomic mass is 16.5. The summed E-state index contributed by atoms with van der Waals surface area (Å²) in [6, 6.07) is 7.80. The first-order valence-electron chi connectivity index (χ1n) is 7.53. The summed E-state index contributed by atoms with van der Waals surface area (Å²) in [7, 11) is 1.64. The molecule has 1 N–H and O–H groups in total. The minimum Gasteiger partial charge on any atom is -0.497 e. The van der Waals surface area contributed by atoms with Gasteiger partial charge in [-0.2, -0.15) is 0 Å². The number of carboxylic acid groups (broad SMARTS) is 1. The zero-order chi connectivity index (χ0) is 14.4. The molecule has 0 aliphatic heterocycles. The fourth-order valence-corrected chi connectivity index (χ4v) is 3.18. The molecule has 3 heteroatoms. The topological polar surface area (TPSA) is 46.5 Å². The first-order chi connectivity index (χ1) is 9.66. The summed E-state index contributed by atoms with van der Waals surface area (Å²) in [5.74, 6) is 0.186. The van der Waals surface area contributed by atoms with E-state index in [0.29, 0.717) is 6.42 Å². The first kappa shape index (κ1) is 14.9. The van der Waals surface area contributed by atoms with E-state index in [9.17, 15) is 9.90 Å². The van der Waals surface area contributed by atoms with Crippen molar-refractivity contribution in [3.63, 3.8) is 0 Å². The Morgan fingerprint density at radius 3 is 2.15 bits per heavy atom. The number of carboxylic acids is 1. The van der Waals surface area contributed by atoms with Crippen LogP contribution in [0.2, 0.25) is 0 Å². The van der Waals surface area contributed by atoms with E-state index < -0.39 is 11.4 Å². The molecule has 2 rings (SSSR count). The van der Waals surface area contributed by atoms with Gasteiger partial charge in [0.25, 0.3) is 0 Å². The van der Waals surface area contributed by atoms with Gasteiger partial charge in [-0.3, -0.25) is 4.79 Å². The number of methoxy groups -OCH3 is 1. The molecule has 0 amide bonds. The van der Waals surface area contributed by atoms with Crippen molar-refractivity contribution >= 4 is 5.97 Å². The fraction of sp³-hybridized carbons (Fsp3) is 0.588. The summed E-state index contributed by atoms with van der Waals surface area (Å²) < 4.78 is 5.15. The molecule has 1 aliphatic carbocycles. The van der Waals surface area contributed by atoms with E-state index in [2.05, 4.69) is 0 Å². The molecular formula is C17H24O3. The minimum atomic E-state index is -0.629. The summed E-state index contributed by atoms with van der Waals surface area (Å²) in [4.78, 5) is 11.8. The third-order valence-corrected chi connectivity index (χ3v) is 4.47. The largest absolute Gasteiger partial charge is 0.497 e. The Kier molecular flexibility index (Phi) is 5.05. The van der Waals surface area contributed by atoms with E-state index >= 15 is 0 Å². The molecule has 1 aromatic carbocycles. The van der Waals surface area contributed by atoms with Gasteiger partial charge in [0, 0.05) is 0 Å². The normalized spacial score (nSPS) is 18.9. The van der Waals surface area contributed by atoms with Gasteiger partial charge in [-0.25, -0.2) is 0 Å². The van der Waals surface area contributed by atoms with Gasteiger partial charge in [-0.1, -0.05) is 44.2 Å². The molecule has 0 unspecified atom stereocenters. The molecule has 0 bridgehead atoms. The van der Waals surface area contributed by atoms with Gasteiger partial charge >= 0.3 is 5.97 Å². The van der Waals surface area contributed by atoms with Crippen molar-refractivity contribution < 1.29 is 14.6 Å². The quantitative estimate of drug-likeness (QED) is 0.902. The number of rotatable bonds is 4. The van der Waals surface area contributed by atoms with Gasteiger partial charge in [0.1, 0.15) is 5.75 Å². The number of ether oxygens (including phenoxy) is 1. The van der Waals surface area contributed by atoms with Gasteiger partial charge in [0.15, 0.2) is 0 Å². The Balaban J connectivity index is 2.15. The Morgan fingerprint density at radius 1 is 1.10 bits per heavy atom. The van der Waals surface area contributed by atoms with Gasteiger partial charge in [-0.15, -0.1) is 0 Å². The highest BCUT2D eigenvalue weighted by Gasteiger charge is 2.38. The van der Waals surface area contributed by atoms with Gasteiger partial charge in [0.05, 0.1) is 12.5 Å². The van der Waals surface area contributed by atoms with E-state index in [1.54, 1.807) is 7.11 Å². The fourth-order valence-electron chi connectivity index (χ4n) is 3.18. The second kappa shape index (κ2) is 6.78. The van der Waals surface area contributed by atoms with Gasteiger partial charge in [0.2, 0.25) is 0 Å². The number of carbonyl (C=O) groups is 1. The summed E-state index contributed by atoms with van der Waals surface area (Å²) in [5, 5.41) is 9.74. The predicted molar refractivity (Wildman–Crippen MR) is 79.1 cm³/mol. The van der Waals surface area contributed by atoms with Crippen LogP contribution in [0.5, 0.6) is 5.75 Å². The maximum Gasteiger partial charge on any atom is 0.309 e. The van der Waals surface area contributed by atoms with Gasteiger partial charge < -0.3 is 9.84 Å². The molecule has 1 saturated carbocycles. The average Bonchev–Trinajstić information content (AvgIpc) is 2.42. The second-order valence-corrected chi connectivity index (χ2v) is 5.88. The van der Waals surface area contributed by atoms with E-state index in [-0.39, 0.29) is 0 Å². The van der Waals surface area contributed by atoms with E-state index in [1.807, 2.05) is 24.3 Å². The first-order valence-corrected chi connectivity index (χ1v) is 7.53.